The van der Waals surface area contributed by atoms with E-state index >= 15 is 0 Å². The molecule has 3 heterocycles. The van der Waals surface area contributed by atoms with Crippen molar-refractivity contribution in [2.24, 2.45) is 0 Å². The van der Waals surface area contributed by atoms with Crippen LogP contribution in [-0.4, -0.2) is 48.3 Å². The number of carbonyl (C=O) groups is 2. The molecule has 0 saturated carbocycles. The molecule has 9 nitrogen and oxygen atoms in total. The predicted octanol–water partition coefficient (Wildman–Crippen LogP) is 4.35. The average molecular weight is 546 g/mol. The Kier molecular flexibility index (Phi) is 6.85. The van der Waals surface area contributed by atoms with Crippen LogP contribution in [0.25, 0.3) is 11.3 Å². The summed E-state index contributed by atoms with van der Waals surface area (Å²) in [6, 6.07) is 6.01. The summed E-state index contributed by atoms with van der Waals surface area (Å²) in [5, 5.41) is 14.8. The highest BCUT2D eigenvalue weighted by Gasteiger charge is 2.31. The number of halogens is 2. The number of ether oxygens (including phenoxy) is 2. The zero-order valence-corrected chi connectivity index (χ0v) is 21.2. The lowest BCUT2D eigenvalue weighted by Crippen LogP contribution is -2.46. The highest BCUT2D eigenvalue weighted by molar-refractivity contribution is 9.10. The van der Waals surface area contributed by atoms with Crippen molar-refractivity contribution in [3.63, 3.8) is 0 Å². The molecule has 0 radical (unpaired) electrons. The monoisotopic (exact) mass is 545 g/mol. The summed E-state index contributed by atoms with van der Waals surface area (Å²) >= 11 is 3.50. The van der Waals surface area contributed by atoms with Gasteiger partial charge in [0.1, 0.15) is 23.2 Å². The highest BCUT2D eigenvalue weighted by Crippen LogP contribution is 2.46. The lowest BCUT2D eigenvalue weighted by Gasteiger charge is -2.35. The third kappa shape index (κ3) is 5.48. The van der Waals surface area contributed by atoms with Gasteiger partial charge in [-0.05, 0) is 61.7 Å². The molecule has 2 aliphatic rings. The van der Waals surface area contributed by atoms with Crippen molar-refractivity contribution < 1.29 is 23.5 Å². The lowest BCUT2D eigenvalue weighted by atomic mass is 10.0. The fourth-order valence-corrected chi connectivity index (χ4v) is 4.60. The number of nitrogens with one attached hydrogen (secondary N) is 2. The van der Waals surface area contributed by atoms with Gasteiger partial charge >= 0.3 is 6.09 Å². The Morgan fingerprint density at radius 3 is 2.71 bits per heavy atom. The molecule has 2 aromatic rings. The van der Waals surface area contributed by atoms with Gasteiger partial charge in [0.2, 0.25) is 0 Å². The van der Waals surface area contributed by atoms with Gasteiger partial charge < -0.3 is 25.0 Å². The van der Waals surface area contributed by atoms with Crippen molar-refractivity contribution in [3.8, 4) is 23.1 Å². The molecular weight excluding hydrogens is 521 g/mol. The maximum Gasteiger partial charge on any atom is 0.407 e. The molecule has 0 unspecified atom stereocenters. The molecule has 1 aromatic heterocycles. The summed E-state index contributed by atoms with van der Waals surface area (Å²) in [7, 11) is 0. The van der Waals surface area contributed by atoms with Crippen molar-refractivity contribution >= 4 is 39.4 Å². The molecule has 0 spiro atoms. The van der Waals surface area contributed by atoms with E-state index < -0.39 is 17.5 Å². The second-order valence-corrected chi connectivity index (χ2v) is 10.1. The van der Waals surface area contributed by atoms with Gasteiger partial charge in [-0.25, -0.2) is 14.2 Å². The summed E-state index contributed by atoms with van der Waals surface area (Å²) < 4.78 is 25.9. The number of carbonyl (C=O) groups excluding carboxylic acids is 2. The number of benzene rings is 1. The van der Waals surface area contributed by atoms with Crippen LogP contribution < -0.4 is 20.3 Å². The van der Waals surface area contributed by atoms with E-state index in [4.69, 9.17) is 19.7 Å². The van der Waals surface area contributed by atoms with E-state index in [2.05, 4.69) is 26.6 Å². The van der Waals surface area contributed by atoms with Gasteiger partial charge in [0.15, 0.2) is 18.2 Å². The molecule has 2 aliphatic heterocycles. The van der Waals surface area contributed by atoms with E-state index in [1.165, 1.54) is 12.1 Å². The molecule has 0 bridgehead atoms. The highest BCUT2D eigenvalue weighted by atomic mass is 79.9. The fourth-order valence-electron chi connectivity index (χ4n) is 3.97. The predicted molar refractivity (Wildman–Crippen MR) is 131 cm³/mol. The maximum atomic E-state index is 14.4. The molecule has 2 N–H and O–H groups in total. The quantitative estimate of drug-likeness (QED) is 0.588. The minimum Gasteiger partial charge on any atom is -0.480 e. The summed E-state index contributed by atoms with van der Waals surface area (Å²) in [6.07, 6.45) is 0.823. The molecule has 35 heavy (non-hydrogen) atoms. The van der Waals surface area contributed by atoms with E-state index in [-0.39, 0.29) is 24.1 Å². The maximum absolute atomic E-state index is 14.4. The van der Waals surface area contributed by atoms with E-state index in [0.29, 0.717) is 58.9 Å². The van der Waals surface area contributed by atoms with Crippen LogP contribution >= 0.6 is 15.9 Å². The Morgan fingerprint density at radius 1 is 1.37 bits per heavy atom. The number of hydrogen-bond donors (Lipinski definition) is 2. The number of pyridine rings is 1. The van der Waals surface area contributed by atoms with E-state index in [9.17, 15) is 14.0 Å². The largest absolute Gasteiger partial charge is 0.480 e. The molecule has 1 fully saturated rings. The van der Waals surface area contributed by atoms with Crippen LogP contribution in [0.1, 0.15) is 39.2 Å². The molecule has 0 aliphatic carbocycles. The average Bonchev–Trinajstić information content (AvgIpc) is 2.78. The Bertz CT molecular complexity index is 1220. The van der Waals surface area contributed by atoms with Gasteiger partial charge in [-0.2, -0.15) is 5.26 Å². The Morgan fingerprint density at radius 2 is 2.09 bits per heavy atom. The number of hydrogen-bond acceptors (Lipinski definition) is 7. The minimum atomic E-state index is -0.652. The number of amides is 2. The molecule has 2 amide bonds. The van der Waals surface area contributed by atoms with Crippen LogP contribution in [0.2, 0.25) is 0 Å². The second-order valence-electron chi connectivity index (χ2n) is 9.35. The number of alkyl carbamates (subject to hydrolysis) is 1. The summed E-state index contributed by atoms with van der Waals surface area (Å²) in [4.78, 5) is 31.0. The van der Waals surface area contributed by atoms with E-state index in [1.807, 2.05) is 31.7 Å². The van der Waals surface area contributed by atoms with E-state index in [0.717, 1.165) is 0 Å². The first kappa shape index (κ1) is 24.7. The first-order chi connectivity index (χ1) is 16.6. The number of nitrogens with zero attached hydrogens (tertiary/aromatic N) is 3. The Hall–Kier alpha value is -3.39. The molecular formula is C24H25BrFN5O4. The van der Waals surface area contributed by atoms with Gasteiger partial charge in [0.25, 0.3) is 5.91 Å². The number of anilines is 2. The summed E-state index contributed by atoms with van der Waals surface area (Å²) in [6.45, 7) is 6.39. The SMILES string of the molecule is CC(C)(C)OC(=O)NC1CCN(c2nc(-c3ccc(C#N)c(F)c3)c(Br)c3c2NC(=O)CO3)CC1. The molecule has 0 atom stereocenters. The zero-order chi connectivity index (χ0) is 25.3. The number of nitriles is 1. The van der Waals surface area contributed by atoms with Crippen LogP contribution in [0.15, 0.2) is 22.7 Å². The molecule has 11 heteroatoms. The van der Waals surface area contributed by atoms with Crippen molar-refractivity contribution in [2.45, 2.75) is 45.3 Å². The third-order valence-corrected chi connectivity index (χ3v) is 6.30. The molecule has 4 rings (SSSR count). The van der Waals surface area contributed by atoms with Gasteiger partial charge in [-0.15, -0.1) is 0 Å². The first-order valence-electron chi connectivity index (χ1n) is 11.2. The van der Waals surface area contributed by atoms with Crippen molar-refractivity contribution in [2.75, 3.05) is 29.9 Å². The second kappa shape index (κ2) is 9.70. The van der Waals surface area contributed by atoms with Crippen molar-refractivity contribution in [1.29, 1.82) is 5.26 Å². The normalized spacial score (nSPS) is 16.0. The minimum absolute atomic E-state index is 0.0638. The molecule has 184 valence electrons. The van der Waals surface area contributed by atoms with Crippen molar-refractivity contribution in [1.82, 2.24) is 10.3 Å². The first-order valence-corrected chi connectivity index (χ1v) is 12.0. The number of rotatable bonds is 3. The van der Waals surface area contributed by atoms with E-state index in [1.54, 1.807) is 6.07 Å². The smallest absolute Gasteiger partial charge is 0.407 e. The number of aromatic nitrogens is 1. The number of piperidine rings is 1. The molecule has 1 saturated heterocycles. The summed E-state index contributed by atoms with van der Waals surface area (Å²) in [5.41, 5.74) is 0.674. The lowest BCUT2D eigenvalue weighted by molar-refractivity contribution is -0.118. The molecule has 1 aromatic carbocycles. The van der Waals surface area contributed by atoms with Crippen LogP contribution in [0, 0.1) is 17.1 Å². The van der Waals surface area contributed by atoms with Gasteiger partial charge in [-0.1, -0.05) is 6.07 Å². The Balaban J connectivity index is 1.62. The van der Waals surface area contributed by atoms with Crippen LogP contribution in [0.4, 0.5) is 20.7 Å². The van der Waals surface area contributed by atoms with Gasteiger partial charge in [0.05, 0.1) is 15.7 Å². The Labute approximate surface area is 210 Å². The standard InChI is InChI=1S/C24H25BrFN5O4/c1-24(2,3)35-23(33)28-15-6-8-31(9-7-15)22-20-21(34-12-17(32)29-20)18(25)19(30-22)13-4-5-14(11-27)16(26)10-13/h4-5,10,15H,6-9,12H2,1-3H3,(H,28,33)(H,29,32). The van der Waals surface area contributed by atoms with Crippen LogP contribution in [-0.2, 0) is 9.53 Å². The topological polar surface area (TPSA) is 117 Å². The van der Waals surface area contributed by atoms with Gasteiger partial charge in [0, 0.05) is 24.7 Å². The number of fused-ring (bicyclic) bond motifs is 1. The van der Waals surface area contributed by atoms with Crippen molar-refractivity contribution in [3.05, 3.63) is 34.1 Å². The summed E-state index contributed by atoms with van der Waals surface area (Å²) in [5.74, 6) is -0.0533. The zero-order valence-electron chi connectivity index (χ0n) is 19.6. The third-order valence-electron chi connectivity index (χ3n) is 5.57. The van der Waals surface area contributed by atoms with Crippen LogP contribution in [0.3, 0.4) is 0 Å². The van der Waals surface area contributed by atoms with Gasteiger partial charge in [-0.3, -0.25) is 4.79 Å². The van der Waals surface area contributed by atoms with Crippen LogP contribution in [0.5, 0.6) is 5.75 Å². The fraction of sp³-hybridized carbons (Fsp3) is 0.417.